The van der Waals surface area contributed by atoms with E-state index in [1.807, 2.05) is 54.8 Å². The molecule has 1 amide bonds. The van der Waals surface area contributed by atoms with Crippen molar-refractivity contribution in [2.45, 2.75) is 19.0 Å². The van der Waals surface area contributed by atoms with Crippen molar-refractivity contribution >= 4 is 38.5 Å². The molecule has 1 N–H and O–H groups in total. The van der Waals surface area contributed by atoms with Crippen LogP contribution >= 0.6 is 11.5 Å². The second kappa shape index (κ2) is 8.71. The van der Waals surface area contributed by atoms with Crippen LogP contribution in [0.2, 0.25) is 0 Å². The lowest BCUT2D eigenvalue weighted by molar-refractivity contribution is -0.112. The highest BCUT2D eigenvalue weighted by Gasteiger charge is 2.18. The number of nitrogens with one attached hydrogen (secondary N) is 1. The maximum Gasteiger partial charge on any atom is 0.268 e. The van der Waals surface area contributed by atoms with Gasteiger partial charge >= 0.3 is 0 Å². The zero-order valence-electron chi connectivity index (χ0n) is 17.2. The number of aromatic nitrogens is 3. The van der Waals surface area contributed by atoms with Crippen LogP contribution in [0.25, 0.3) is 11.8 Å². The molecule has 31 heavy (non-hydrogen) atoms. The van der Waals surface area contributed by atoms with E-state index in [0.717, 1.165) is 40.6 Å². The summed E-state index contributed by atoms with van der Waals surface area (Å²) in [5, 5.41) is 11.5. The number of methoxy groups -OCH3 is 1. The largest absolute Gasteiger partial charge is 0.497 e. The van der Waals surface area contributed by atoms with Crippen molar-refractivity contribution in [3.8, 4) is 17.5 Å². The van der Waals surface area contributed by atoms with Gasteiger partial charge in [-0.3, -0.25) is 10.1 Å². The number of hydrogen-bond acceptors (Lipinski definition) is 8. The van der Waals surface area contributed by atoms with Crippen LogP contribution in [0.4, 0.5) is 5.13 Å². The van der Waals surface area contributed by atoms with Crippen LogP contribution in [-0.4, -0.2) is 41.6 Å². The third-order valence-electron chi connectivity index (χ3n) is 4.43. The average Bonchev–Trinajstić information content (AvgIpc) is 3.30. The van der Waals surface area contributed by atoms with Crippen molar-refractivity contribution in [2.75, 3.05) is 18.7 Å². The molecule has 11 heteroatoms. The first-order valence-electron chi connectivity index (χ1n) is 8.94. The molecule has 0 aliphatic rings. The minimum Gasteiger partial charge on any atom is -0.497 e. The molecular formula is C20H19N5O4S2. The normalized spacial score (nSPS) is 11.8. The monoisotopic (exact) mass is 457 g/mol. The molecule has 0 unspecified atom stereocenters. The van der Waals surface area contributed by atoms with E-state index in [1.165, 1.54) is 6.08 Å². The molecule has 0 radical (unpaired) electrons. The van der Waals surface area contributed by atoms with Gasteiger partial charge in [0.15, 0.2) is 0 Å². The molecule has 0 fully saturated rings. The van der Waals surface area contributed by atoms with Crippen molar-refractivity contribution in [3.63, 3.8) is 0 Å². The fourth-order valence-corrected chi connectivity index (χ4v) is 4.38. The molecule has 3 aromatic rings. The molecular weight excluding hydrogens is 438 g/mol. The number of carbonyl (C=O) groups is 1. The molecule has 160 valence electrons. The number of ether oxygens (including phenoxy) is 1. The SMILES string of the molecule is COc1ccc(-n2c(C)cc(C=C(C#N)C(=O)Nc3nc(S(C)(=O)=O)ns3)c2C)cc1. The quantitative estimate of drug-likeness (QED) is 0.445. The van der Waals surface area contributed by atoms with Gasteiger partial charge in [-0.25, -0.2) is 8.42 Å². The van der Waals surface area contributed by atoms with Crippen molar-refractivity contribution in [1.82, 2.24) is 13.9 Å². The first-order valence-corrected chi connectivity index (χ1v) is 11.6. The van der Waals surface area contributed by atoms with Gasteiger partial charge in [-0.1, -0.05) is 0 Å². The van der Waals surface area contributed by atoms with Crippen molar-refractivity contribution in [2.24, 2.45) is 0 Å². The Morgan fingerprint density at radius 2 is 1.97 bits per heavy atom. The van der Waals surface area contributed by atoms with Crippen LogP contribution in [-0.2, 0) is 14.6 Å². The number of anilines is 1. The van der Waals surface area contributed by atoms with Crippen LogP contribution in [0.3, 0.4) is 0 Å². The molecule has 0 spiro atoms. The van der Waals surface area contributed by atoms with Crippen LogP contribution in [0, 0.1) is 25.2 Å². The van der Waals surface area contributed by atoms with E-state index >= 15 is 0 Å². The van der Waals surface area contributed by atoms with Gasteiger partial charge in [0.25, 0.3) is 11.1 Å². The molecule has 1 aromatic carbocycles. The van der Waals surface area contributed by atoms with Crippen LogP contribution in [0.1, 0.15) is 17.0 Å². The summed E-state index contributed by atoms with van der Waals surface area (Å²) in [6, 6.07) is 11.3. The number of rotatable bonds is 6. The van der Waals surface area contributed by atoms with Gasteiger partial charge in [0, 0.05) is 34.9 Å². The van der Waals surface area contributed by atoms with Gasteiger partial charge < -0.3 is 9.30 Å². The number of hydrogen-bond donors (Lipinski definition) is 1. The van der Waals surface area contributed by atoms with Crippen molar-refractivity contribution in [3.05, 3.63) is 52.9 Å². The van der Waals surface area contributed by atoms with Crippen LogP contribution in [0.15, 0.2) is 41.1 Å². The predicted molar refractivity (Wildman–Crippen MR) is 117 cm³/mol. The standard InChI is InChI=1S/C20H19N5O4S2/c1-12-9-14(13(2)25(12)16-5-7-17(29-3)8-6-16)10-15(11-21)18(26)22-19-23-20(24-30-19)31(4,27)28/h5-10H,1-4H3,(H,22,23,24,26). The average molecular weight is 458 g/mol. The first-order chi connectivity index (χ1) is 14.6. The topological polar surface area (TPSA) is 127 Å². The zero-order chi connectivity index (χ0) is 22.8. The minimum absolute atomic E-state index is 0.00437. The van der Waals surface area contributed by atoms with Gasteiger partial charge in [0.05, 0.1) is 7.11 Å². The summed E-state index contributed by atoms with van der Waals surface area (Å²) >= 11 is 0.726. The smallest absolute Gasteiger partial charge is 0.268 e. The number of nitrogens with zero attached hydrogens (tertiary/aromatic N) is 4. The highest BCUT2D eigenvalue weighted by atomic mass is 32.2. The van der Waals surface area contributed by atoms with E-state index in [0.29, 0.717) is 5.56 Å². The van der Waals surface area contributed by atoms with E-state index in [4.69, 9.17) is 4.74 Å². The number of sulfone groups is 1. The number of nitriles is 1. The van der Waals surface area contributed by atoms with E-state index in [9.17, 15) is 18.5 Å². The van der Waals surface area contributed by atoms with Gasteiger partial charge in [-0.2, -0.15) is 14.6 Å². The molecule has 0 atom stereocenters. The van der Waals surface area contributed by atoms with E-state index in [1.54, 1.807) is 7.11 Å². The molecule has 0 saturated carbocycles. The lowest BCUT2D eigenvalue weighted by atomic mass is 10.1. The molecule has 0 aliphatic heterocycles. The van der Waals surface area contributed by atoms with E-state index in [2.05, 4.69) is 14.7 Å². The molecule has 0 saturated heterocycles. The Morgan fingerprint density at radius 1 is 1.29 bits per heavy atom. The zero-order valence-corrected chi connectivity index (χ0v) is 18.8. The Hall–Kier alpha value is -3.49. The van der Waals surface area contributed by atoms with Gasteiger partial charge in [-0.05, 0) is 55.8 Å². The molecule has 9 nitrogen and oxygen atoms in total. The molecule has 0 aliphatic carbocycles. The van der Waals surface area contributed by atoms with Gasteiger partial charge in [0.1, 0.15) is 17.4 Å². The molecule has 0 bridgehead atoms. The summed E-state index contributed by atoms with van der Waals surface area (Å²) in [6.45, 7) is 3.81. The van der Waals surface area contributed by atoms with E-state index < -0.39 is 15.7 Å². The number of carbonyl (C=O) groups excluding carboxylic acids is 1. The fourth-order valence-electron chi connectivity index (χ4n) is 2.94. The summed E-state index contributed by atoms with van der Waals surface area (Å²) in [6.07, 6.45) is 2.45. The Kier molecular flexibility index (Phi) is 6.24. The first kappa shape index (κ1) is 22.2. The summed E-state index contributed by atoms with van der Waals surface area (Å²) in [4.78, 5) is 16.3. The van der Waals surface area contributed by atoms with Crippen LogP contribution in [0.5, 0.6) is 5.75 Å². The lowest BCUT2D eigenvalue weighted by Gasteiger charge is -2.10. The van der Waals surface area contributed by atoms with Gasteiger partial charge in [0.2, 0.25) is 15.0 Å². The third-order valence-corrected chi connectivity index (χ3v) is 6.02. The molecule has 3 rings (SSSR count). The Morgan fingerprint density at radius 3 is 2.52 bits per heavy atom. The maximum absolute atomic E-state index is 12.5. The Labute approximate surface area is 183 Å². The number of benzene rings is 1. The summed E-state index contributed by atoms with van der Waals surface area (Å²) < 4.78 is 33.9. The minimum atomic E-state index is -3.58. The van der Waals surface area contributed by atoms with Crippen LogP contribution < -0.4 is 10.1 Å². The van der Waals surface area contributed by atoms with Gasteiger partial charge in [-0.15, -0.1) is 0 Å². The second-order valence-corrected chi connectivity index (χ2v) is 9.30. The number of amides is 1. The fraction of sp³-hybridized carbons (Fsp3) is 0.200. The maximum atomic E-state index is 12.5. The Bertz CT molecular complexity index is 1310. The summed E-state index contributed by atoms with van der Waals surface area (Å²) in [5.41, 5.74) is 3.24. The Balaban J connectivity index is 1.89. The molecule has 2 aromatic heterocycles. The summed E-state index contributed by atoms with van der Waals surface area (Å²) in [7, 11) is -1.98. The third kappa shape index (κ3) is 4.82. The highest BCUT2D eigenvalue weighted by molar-refractivity contribution is 7.90. The highest BCUT2D eigenvalue weighted by Crippen LogP contribution is 2.25. The lowest BCUT2D eigenvalue weighted by Crippen LogP contribution is -2.13. The molecule has 2 heterocycles. The predicted octanol–water partition coefficient (Wildman–Crippen LogP) is 2.90. The summed E-state index contributed by atoms with van der Waals surface area (Å²) in [5.74, 6) is 0.0402. The second-order valence-electron chi connectivity index (χ2n) is 6.64. The van der Waals surface area contributed by atoms with E-state index in [-0.39, 0.29) is 15.9 Å². The van der Waals surface area contributed by atoms with Crippen molar-refractivity contribution < 1.29 is 17.9 Å². The van der Waals surface area contributed by atoms with Crippen molar-refractivity contribution in [1.29, 1.82) is 5.26 Å². The number of aryl methyl sites for hydroxylation is 1.